The lowest BCUT2D eigenvalue weighted by Gasteiger charge is -2.14. The van der Waals surface area contributed by atoms with Crippen LogP contribution in [0.1, 0.15) is 10.4 Å². The zero-order valence-electron chi connectivity index (χ0n) is 9.46. The van der Waals surface area contributed by atoms with Gasteiger partial charge in [-0.2, -0.15) is 0 Å². The molecule has 0 saturated heterocycles. The van der Waals surface area contributed by atoms with Crippen molar-refractivity contribution in [2.45, 2.75) is 6.04 Å². The summed E-state index contributed by atoms with van der Waals surface area (Å²) in [5, 5.41) is 4.09. The summed E-state index contributed by atoms with van der Waals surface area (Å²) < 4.78 is 22.5. The SMILES string of the molecule is NC(=O)c1ccc(N)cc1NC1C=CS(=O)(=O)C1. The van der Waals surface area contributed by atoms with Crippen LogP contribution in [-0.2, 0) is 9.84 Å². The maximum atomic E-state index is 11.3. The summed E-state index contributed by atoms with van der Waals surface area (Å²) in [6, 6.07) is 4.24. The van der Waals surface area contributed by atoms with E-state index in [9.17, 15) is 13.2 Å². The molecular weight excluding hydrogens is 254 g/mol. The maximum Gasteiger partial charge on any atom is 0.250 e. The van der Waals surface area contributed by atoms with Gasteiger partial charge in [0.1, 0.15) is 0 Å². The van der Waals surface area contributed by atoms with Gasteiger partial charge >= 0.3 is 0 Å². The molecule has 18 heavy (non-hydrogen) atoms. The Balaban J connectivity index is 2.27. The van der Waals surface area contributed by atoms with Gasteiger partial charge in [-0.3, -0.25) is 4.79 Å². The third-order valence-electron chi connectivity index (χ3n) is 2.58. The highest BCUT2D eigenvalue weighted by Gasteiger charge is 2.22. The lowest BCUT2D eigenvalue weighted by Crippen LogP contribution is -2.23. The van der Waals surface area contributed by atoms with Crippen molar-refractivity contribution in [2.75, 3.05) is 16.8 Å². The summed E-state index contributed by atoms with van der Waals surface area (Å²) in [6.07, 6.45) is 1.53. The first-order valence-electron chi connectivity index (χ1n) is 5.24. The Hall–Kier alpha value is -2.02. The van der Waals surface area contributed by atoms with Crippen LogP contribution in [-0.4, -0.2) is 26.1 Å². The van der Waals surface area contributed by atoms with E-state index in [4.69, 9.17) is 11.5 Å². The Morgan fingerprint density at radius 3 is 2.67 bits per heavy atom. The molecule has 5 N–H and O–H groups in total. The number of carbonyl (C=O) groups excluding carboxylic acids is 1. The van der Waals surface area contributed by atoms with Crippen molar-refractivity contribution >= 4 is 27.1 Å². The summed E-state index contributed by atoms with van der Waals surface area (Å²) in [4.78, 5) is 11.2. The second kappa shape index (κ2) is 4.34. The Kier molecular flexibility index (Phi) is 3.00. The fraction of sp³-hybridized carbons (Fsp3) is 0.182. The number of sulfone groups is 1. The number of nitrogens with one attached hydrogen (secondary N) is 1. The number of hydrogen-bond donors (Lipinski definition) is 3. The van der Waals surface area contributed by atoms with Crippen molar-refractivity contribution < 1.29 is 13.2 Å². The largest absolute Gasteiger partial charge is 0.399 e. The highest BCUT2D eigenvalue weighted by Crippen LogP contribution is 2.22. The number of benzene rings is 1. The van der Waals surface area contributed by atoms with Crippen LogP contribution in [0.5, 0.6) is 0 Å². The van der Waals surface area contributed by atoms with E-state index in [-0.39, 0.29) is 17.4 Å². The topological polar surface area (TPSA) is 115 Å². The standard InChI is InChI=1S/C11H13N3O3S/c12-7-1-2-9(11(13)15)10(5-7)14-8-3-4-18(16,17)6-8/h1-5,8,14H,6,12H2,(H2,13,15). The zero-order chi connectivity index (χ0) is 13.3. The van der Waals surface area contributed by atoms with Crippen molar-refractivity contribution in [3.05, 3.63) is 35.2 Å². The minimum Gasteiger partial charge on any atom is -0.399 e. The lowest BCUT2D eigenvalue weighted by molar-refractivity contribution is 0.100. The number of primary amides is 1. The molecule has 1 heterocycles. The molecule has 2 rings (SSSR count). The minimum absolute atomic E-state index is 0.0417. The van der Waals surface area contributed by atoms with Gasteiger partial charge in [-0.15, -0.1) is 0 Å². The summed E-state index contributed by atoms with van der Waals surface area (Å²) >= 11 is 0. The molecular formula is C11H13N3O3S. The Labute approximate surface area is 105 Å². The molecule has 0 bridgehead atoms. The molecule has 96 valence electrons. The number of nitrogen functional groups attached to an aromatic ring is 1. The molecule has 0 aliphatic carbocycles. The van der Waals surface area contributed by atoms with Crippen molar-refractivity contribution in [3.63, 3.8) is 0 Å². The number of amides is 1. The van der Waals surface area contributed by atoms with E-state index in [1.54, 1.807) is 12.1 Å². The van der Waals surface area contributed by atoms with Crippen LogP contribution in [0, 0.1) is 0 Å². The van der Waals surface area contributed by atoms with Crippen LogP contribution in [0.15, 0.2) is 29.7 Å². The molecule has 0 saturated carbocycles. The van der Waals surface area contributed by atoms with Crippen molar-refractivity contribution in [2.24, 2.45) is 5.73 Å². The average molecular weight is 267 g/mol. The first-order chi connectivity index (χ1) is 8.37. The van der Waals surface area contributed by atoms with Crippen LogP contribution < -0.4 is 16.8 Å². The molecule has 0 aromatic heterocycles. The van der Waals surface area contributed by atoms with E-state index in [0.29, 0.717) is 11.4 Å². The van der Waals surface area contributed by atoms with Crippen molar-refractivity contribution in [1.82, 2.24) is 0 Å². The number of carbonyl (C=O) groups is 1. The van der Waals surface area contributed by atoms with Crippen LogP contribution >= 0.6 is 0 Å². The average Bonchev–Trinajstić information content (AvgIpc) is 2.57. The second-order valence-corrected chi connectivity index (χ2v) is 6.01. The summed E-state index contributed by atoms with van der Waals surface area (Å²) in [5.41, 5.74) is 12.0. The molecule has 1 amide bonds. The number of nitrogens with two attached hydrogens (primary N) is 2. The smallest absolute Gasteiger partial charge is 0.250 e. The predicted molar refractivity (Wildman–Crippen MR) is 69.7 cm³/mol. The molecule has 6 nitrogen and oxygen atoms in total. The molecule has 0 spiro atoms. The molecule has 1 unspecified atom stereocenters. The van der Waals surface area contributed by atoms with E-state index >= 15 is 0 Å². The van der Waals surface area contributed by atoms with Gasteiger partial charge in [0.2, 0.25) is 0 Å². The Morgan fingerprint density at radius 2 is 2.11 bits per heavy atom. The van der Waals surface area contributed by atoms with Crippen molar-refractivity contribution in [3.8, 4) is 0 Å². The molecule has 1 aliphatic heterocycles. The van der Waals surface area contributed by atoms with Gasteiger partial charge in [-0.25, -0.2) is 8.42 Å². The Bertz CT molecular complexity index is 622. The van der Waals surface area contributed by atoms with Crippen molar-refractivity contribution in [1.29, 1.82) is 0 Å². The van der Waals surface area contributed by atoms with Gasteiger partial charge in [-0.1, -0.05) is 6.08 Å². The maximum absolute atomic E-state index is 11.3. The third kappa shape index (κ3) is 2.62. The molecule has 0 fully saturated rings. The second-order valence-electron chi connectivity index (χ2n) is 4.08. The fourth-order valence-corrected chi connectivity index (χ4v) is 3.00. The van der Waals surface area contributed by atoms with E-state index in [1.165, 1.54) is 12.1 Å². The molecule has 7 heteroatoms. The molecule has 1 aliphatic rings. The highest BCUT2D eigenvalue weighted by atomic mass is 32.2. The van der Waals surface area contributed by atoms with Gasteiger partial charge in [0.25, 0.3) is 5.91 Å². The molecule has 1 atom stereocenters. The monoisotopic (exact) mass is 267 g/mol. The first kappa shape index (κ1) is 12.4. The first-order valence-corrected chi connectivity index (χ1v) is 6.96. The number of rotatable bonds is 3. The van der Waals surface area contributed by atoms with Gasteiger partial charge < -0.3 is 16.8 Å². The number of anilines is 2. The van der Waals surface area contributed by atoms with Crippen LogP contribution in [0.2, 0.25) is 0 Å². The van der Waals surface area contributed by atoms with Crippen LogP contribution in [0.4, 0.5) is 11.4 Å². The lowest BCUT2D eigenvalue weighted by atomic mass is 10.1. The normalized spacial score (nSPS) is 20.8. The predicted octanol–water partition coefficient (Wildman–Crippen LogP) is 0.0903. The Morgan fingerprint density at radius 1 is 1.39 bits per heavy atom. The fourth-order valence-electron chi connectivity index (χ4n) is 1.76. The number of hydrogen-bond acceptors (Lipinski definition) is 5. The summed E-state index contributed by atoms with van der Waals surface area (Å²) in [7, 11) is -3.15. The van der Waals surface area contributed by atoms with E-state index in [0.717, 1.165) is 5.41 Å². The molecule has 0 radical (unpaired) electrons. The van der Waals surface area contributed by atoms with Crippen LogP contribution in [0.3, 0.4) is 0 Å². The molecule has 1 aromatic carbocycles. The minimum atomic E-state index is -3.15. The zero-order valence-corrected chi connectivity index (χ0v) is 10.3. The van der Waals surface area contributed by atoms with Gasteiger partial charge in [0.05, 0.1) is 17.4 Å². The third-order valence-corrected chi connectivity index (χ3v) is 3.98. The quantitative estimate of drug-likeness (QED) is 0.671. The van der Waals surface area contributed by atoms with E-state index < -0.39 is 15.7 Å². The van der Waals surface area contributed by atoms with Gasteiger partial charge in [-0.05, 0) is 18.2 Å². The summed E-state index contributed by atoms with van der Waals surface area (Å²) in [6.45, 7) is 0. The van der Waals surface area contributed by atoms with Gasteiger partial charge in [0.15, 0.2) is 9.84 Å². The summed E-state index contributed by atoms with van der Waals surface area (Å²) in [5.74, 6) is -0.637. The molecule has 1 aromatic rings. The van der Waals surface area contributed by atoms with Crippen LogP contribution in [0.25, 0.3) is 0 Å². The highest BCUT2D eigenvalue weighted by molar-refractivity contribution is 7.94. The van der Waals surface area contributed by atoms with E-state index in [2.05, 4.69) is 5.32 Å². The van der Waals surface area contributed by atoms with Gasteiger partial charge in [0, 0.05) is 16.8 Å². The van der Waals surface area contributed by atoms with E-state index in [1.807, 2.05) is 0 Å².